The Labute approximate surface area is 113 Å². The van der Waals surface area contributed by atoms with Crippen molar-refractivity contribution in [3.05, 3.63) is 28.2 Å². The summed E-state index contributed by atoms with van der Waals surface area (Å²) < 4.78 is 21.9. The molecule has 0 aliphatic heterocycles. The van der Waals surface area contributed by atoms with Crippen molar-refractivity contribution in [3.63, 3.8) is 0 Å². The molecule has 0 aliphatic rings. The molecule has 1 rings (SSSR count). The first-order valence-electron chi connectivity index (χ1n) is 5.07. The lowest BCUT2D eigenvalue weighted by atomic mass is 10.2. The number of primary sulfonamides is 1. The number of carboxylic acid groups (broad SMARTS) is 1. The summed E-state index contributed by atoms with van der Waals surface area (Å²) in [5.74, 6) is -1.20. The second-order valence-electron chi connectivity index (χ2n) is 3.61. The Morgan fingerprint density at radius 1 is 1.44 bits per heavy atom. The predicted octanol–water partition coefficient (Wildman–Crippen LogP) is 1.24. The van der Waals surface area contributed by atoms with Gasteiger partial charge in [-0.3, -0.25) is 0 Å². The fraction of sp³-hybridized carbons (Fsp3) is 0.300. The minimum atomic E-state index is -3.48. The van der Waals surface area contributed by atoms with Crippen LogP contribution in [0.15, 0.2) is 22.7 Å². The molecule has 18 heavy (non-hydrogen) atoms. The Balaban J connectivity index is 2.68. The molecule has 100 valence electrons. The number of sulfonamides is 1. The first kappa shape index (κ1) is 14.9. The minimum Gasteiger partial charge on any atom is -0.478 e. The molecule has 0 heterocycles. The number of hydrogen-bond donors (Lipinski definition) is 3. The standard InChI is InChI=1S/C10H13BrN2O4S/c11-7-3-1-4-8(9(7)10(14)15)13-5-2-6-18(12,16)17/h1,3-4,13H,2,5-6H2,(H,14,15)(H2,12,16,17). The SMILES string of the molecule is NS(=O)(=O)CCCNc1cccc(Br)c1C(=O)O. The molecule has 0 amide bonds. The highest BCUT2D eigenvalue weighted by Gasteiger charge is 2.13. The second kappa shape index (κ2) is 6.17. The van der Waals surface area contributed by atoms with Crippen LogP contribution in [0.4, 0.5) is 5.69 Å². The van der Waals surface area contributed by atoms with Gasteiger partial charge in [0.25, 0.3) is 0 Å². The predicted molar refractivity (Wildman–Crippen MR) is 72.2 cm³/mol. The van der Waals surface area contributed by atoms with Gasteiger partial charge in [-0.05, 0) is 34.5 Å². The third kappa shape index (κ3) is 4.63. The molecule has 0 spiro atoms. The number of carbonyl (C=O) groups is 1. The van der Waals surface area contributed by atoms with E-state index in [1.54, 1.807) is 18.2 Å². The number of benzene rings is 1. The molecule has 0 bridgehead atoms. The Morgan fingerprint density at radius 3 is 2.67 bits per heavy atom. The third-order valence-electron chi connectivity index (χ3n) is 2.15. The van der Waals surface area contributed by atoms with Crippen LogP contribution in [-0.2, 0) is 10.0 Å². The summed E-state index contributed by atoms with van der Waals surface area (Å²) in [5.41, 5.74) is 0.555. The Hall–Kier alpha value is -1.12. The van der Waals surface area contributed by atoms with Crippen LogP contribution >= 0.6 is 15.9 Å². The van der Waals surface area contributed by atoms with Crippen molar-refractivity contribution in [2.75, 3.05) is 17.6 Å². The lowest BCUT2D eigenvalue weighted by Crippen LogP contribution is -2.19. The Kier molecular flexibility index (Phi) is 5.12. The molecule has 1 aromatic carbocycles. The molecule has 0 atom stereocenters. The molecule has 1 aromatic rings. The molecule has 0 aromatic heterocycles. The highest BCUT2D eigenvalue weighted by Crippen LogP contribution is 2.24. The van der Waals surface area contributed by atoms with E-state index in [9.17, 15) is 13.2 Å². The van der Waals surface area contributed by atoms with Gasteiger partial charge >= 0.3 is 5.97 Å². The average molecular weight is 337 g/mol. The molecule has 6 nitrogen and oxygen atoms in total. The van der Waals surface area contributed by atoms with Crippen molar-refractivity contribution in [1.29, 1.82) is 0 Å². The number of aromatic carboxylic acids is 1. The largest absolute Gasteiger partial charge is 0.478 e. The molecule has 0 unspecified atom stereocenters. The van der Waals surface area contributed by atoms with E-state index >= 15 is 0 Å². The zero-order valence-electron chi connectivity index (χ0n) is 9.39. The van der Waals surface area contributed by atoms with Gasteiger partial charge in [-0.1, -0.05) is 6.07 Å². The molecule has 0 saturated carbocycles. The van der Waals surface area contributed by atoms with E-state index in [0.717, 1.165) is 0 Å². The quantitative estimate of drug-likeness (QED) is 0.677. The van der Waals surface area contributed by atoms with Crippen LogP contribution in [0.1, 0.15) is 16.8 Å². The van der Waals surface area contributed by atoms with Crippen molar-refractivity contribution in [2.45, 2.75) is 6.42 Å². The summed E-state index contributed by atoms with van der Waals surface area (Å²) in [7, 11) is -3.48. The third-order valence-corrected chi connectivity index (χ3v) is 3.67. The van der Waals surface area contributed by atoms with Crippen molar-refractivity contribution in [1.82, 2.24) is 0 Å². The first-order chi connectivity index (χ1) is 8.31. The van der Waals surface area contributed by atoms with Crippen LogP contribution in [0.3, 0.4) is 0 Å². The van der Waals surface area contributed by atoms with Gasteiger partial charge in [-0.25, -0.2) is 18.4 Å². The lowest BCUT2D eigenvalue weighted by Gasteiger charge is -2.10. The molecule has 0 saturated heterocycles. The summed E-state index contributed by atoms with van der Waals surface area (Å²) in [6, 6.07) is 4.93. The number of halogens is 1. The zero-order valence-corrected chi connectivity index (χ0v) is 11.8. The van der Waals surface area contributed by atoms with Gasteiger partial charge in [0, 0.05) is 16.7 Å². The van der Waals surface area contributed by atoms with Crippen molar-refractivity contribution >= 4 is 37.6 Å². The highest BCUT2D eigenvalue weighted by atomic mass is 79.9. The van der Waals surface area contributed by atoms with Gasteiger partial charge in [0.2, 0.25) is 10.0 Å². The summed E-state index contributed by atoms with van der Waals surface area (Å²) in [4.78, 5) is 11.0. The normalized spacial score (nSPS) is 11.2. The first-order valence-corrected chi connectivity index (χ1v) is 7.58. The topological polar surface area (TPSA) is 109 Å². The number of nitrogens with two attached hydrogens (primary N) is 1. The van der Waals surface area contributed by atoms with E-state index in [1.807, 2.05) is 0 Å². The fourth-order valence-electron chi connectivity index (χ4n) is 1.39. The smallest absolute Gasteiger partial charge is 0.338 e. The van der Waals surface area contributed by atoms with E-state index in [-0.39, 0.29) is 11.3 Å². The van der Waals surface area contributed by atoms with Crippen LogP contribution < -0.4 is 10.5 Å². The van der Waals surface area contributed by atoms with E-state index < -0.39 is 16.0 Å². The van der Waals surface area contributed by atoms with Crippen LogP contribution in [0.2, 0.25) is 0 Å². The zero-order chi connectivity index (χ0) is 13.8. The minimum absolute atomic E-state index is 0.119. The van der Waals surface area contributed by atoms with Crippen LogP contribution in [-0.4, -0.2) is 31.8 Å². The van der Waals surface area contributed by atoms with Crippen molar-refractivity contribution in [3.8, 4) is 0 Å². The maximum absolute atomic E-state index is 11.0. The van der Waals surface area contributed by atoms with Crippen LogP contribution in [0.25, 0.3) is 0 Å². The number of carboxylic acids is 1. The molecule has 0 aliphatic carbocycles. The van der Waals surface area contributed by atoms with Crippen molar-refractivity contribution in [2.24, 2.45) is 5.14 Å². The second-order valence-corrected chi connectivity index (χ2v) is 6.20. The van der Waals surface area contributed by atoms with E-state index in [1.165, 1.54) is 0 Å². The van der Waals surface area contributed by atoms with Crippen LogP contribution in [0.5, 0.6) is 0 Å². The van der Waals surface area contributed by atoms with Gasteiger partial charge in [0.05, 0.1) is 11.3 Å². The number of anilines is 1. The summed E-state index contributed by atoms with van der Waals surface area (Å²) in [6.07, 6.45) is 0.310. The summed E-state index contributed by atoms with van der Waals surface area (Å²) in [5, 5.41) is 16.8. The van der Waals surface area contributed by atoms with Gasteiger partial charge in [0.15, 0.2) is 0 Å². The van der Waals surface area contributed by atoms with E-state index in [0.29, 0.717) is 23.1 Å². The molecule has 0 fully saturated rings. The fourth-order valence-corrected chi connectivity index (χ4v) is 2.47. The number of nitrogens with one attached hydrogen (secondary N) is 1. The van der Waals surface area contributed by atoms with Gasteiger partial charge in [0.1, 0.15) is 0 Å². The van der Waals surface area contributed by atoms with Crippen LogP contribution in [0, 0.1) is 0 Å². The molecule has 8 heteroatoms. The highest BCUT2D eigenvalue weighted by molar-refractivity contribution is 9.10. The monoisotopic (exact) mass is 336 g/mol. The average Bonchev–Trinajstić information content (AvgIpc) is 2.22. The maximum Gasteiger partial charge on any atom is 0.338 e. The number of rotatable bonds is 6. The van der Waals surface area contributed by atoms with E-state index in [2.05, 4.69) is 21.2 Å². The molecular weight excluding hydrogens is 324 g/mol. The van der Waals surface area contributed by atoms with E-state index in [4.69, 9.17) is 10.2 Å². The van der Waals surface area contributed by atoms with Gasteiger partial charge in [-0.2, -0.15) is 0 Å². The summed E-state index contributed by atoms with van der Waals surface area (Å²) >= 11 is 3.15. The van der Waals surface area contributed by atoms with Crippen molar-refractivity contribution < 1.29 is 18.3 Å². The Morgan fingerprint density at radius 2 is 2.11 bits per heavy atom. The van der Waals surface area contributed by atoms with Gasteiger partial charge in [-0.15, -0.1) is 0 Å². The molecule has 0 radical (unpaired) electrons. The Bertz CT molecular complexity index is 545. The lowest BCUT2D eigenvalue weighted by molar-refractivity contribution is 0.0697. The summed E-state index contributed by atoms with van der Waals surface area (Å²) in [6.45, 7) is 0.327. The maximum atomic E-state index is 11.0. The molecular formula is C10H13BrN2O4S. The number of hydrogen-bond acceptors (Lipinski definition) is 4. The van der Waals surface area contributed by atoms with Gasteiger partial charge < -0.3 is 10.4 Å². The molecule has 4 N–H and O–H groups in total.